The molecule has 0 saturated heterocycles. The summed E-state index contributed by atoms with van der Waals surface area (Å²) in [6, 6.07) is 18.6. The first-order valence-corrected chi connectivity index (χ1v) is 8.56. The zero-order valence-corrected chi connectivity index (χ0v) is 14.4. The quantitative estimate of drug-likeness (QED) is 0.911. The van der Waals surface area contributed by atoms with Crippen LogP contribution in [0.15, 0.2) is 48.5 Å². The Bertz CT molecular complexity index is 795. The number of fused-ring (bicyclic) bond motifs is 1. The van der Waals surface area contributed by atoms with Crippen molar-refractivity contribution in [3.05, 3.63) is 70.8 Å². The van der Waals surface area contributed by atoms with Gasteiger partial charge in [-0.05, 0) is 54.6 Å². The predicted molar refractivity (Wildman–Crippen MR) is 96.4 cm³/mol. The number of likely N-dealkylation sites (N-methyl/N-ethyl adjacent to an activating group) is 1. The normalized spacial score (nSPS) is 19.2. The van der Waals surface area contributed by atoms with Crippen molar-refractivity contribution in [2.24, 2.45) is 5.92 Å². The first-order valence-electron chi connectivity index (χ1n) is 8.56. The average molecular weight is 334 g/mol. The number of carboxylic acids is 1. The monoisotopic (exact) mass is 334 g/mol. The SMILES string of the molecule is CN(CC(=O)O)C[C@H]1CCc2cc(C#N)ccc2[C@H]1c1ccccc1. The zero-order chi connectivity index (χ0) is 17.8. The van der Waals surface area contributed by atoms with E-state index in [0.717, 1.165) is 19.4 Å². The van der Waals surface area contributed by atoms with Gasteiger partial charge in [0, 0.05) is 12.5 Å². The van der Waals surface area contributed by atoms with E-state index in [0.29, 0.717) is 11.5 Å². The summed E-state index contributed by atoms with van der Waals surface area (Å²) in [5.41, 5.74) is 4.46. The van der Waals surface area contributed by atoms with Gasteiger partial charge < -0.3 is 5.11 Å². The molecule has 1 N–H and O–H groups in total. The minimum atomic E-state index is -0.798. The highest BCUT2D eigenvalue weighted by atomic mass is 16.4. The van der Waals surface area contributed by atoms with Crippen LogP contribution in [0.4, 0.5) is 0 Å². The third kappa shape index (κ3) is 3.89. The first-order chi connectivity index (χ1) is 12.1. The van der Waals surface area contributed by atoms with Gasteiger partial charge in [0.2, 0.25) is 0 Å². The van der Waals surface area contributed by atoms with E-state index < -0.39 is 5.97 Å². The highest BCUT2D eigenvalue weighted by Crippen LogP contribution is 2.41. The van der Waals surface area contributed by atoms with Crippen LogP contribution in [0.3, 0.4) is 0 Å². The molecule has 4 heteroatoms. The molecule has 0 fully saturated rings. The van der Waals surface area contributed by atoms with Crippen LogP contribution in [0.2, 0.25) is 0 Å². The van der Waals surface area contributed by atoms with Gasteiger partial charge in [0.25, 0.3) is 0 Å². The van der Waals surface area contributed by atoms with Crippen LogP contribution >= 0.6 is 0 Å². The van der Waals surface area contributed by atoms with Crippen molar-refractivity contribution in [2.45, 2.75) is 18.8 Å². The van der Waals surface area contributed by atoms with E-state index in [4.69, 9.17) is 10.4 Å². The molecule has 4 nitrogen and oxygen atoms in total. The maximum absolute atomic E-state index is 11.0. The van der Waals surface area contributed by atoms with Gasteiger partial charge in [-0.1, -0.05) is 36.4 Å². The highest BCUT2D eigenvalue weighted by molar-refractivity contribution is 5.69. The van der Waals surface area contributed by atoms with Crippen molar-refractivity contribution in [3.8, 4) is 6.07 Å². The molecule has 0 aromatic heterocycles. The van der Waals surface area contributed by atoms with Gasteiger partial charge in [-0.25, -0.2) is 0 Å². The Labute approximate surface area is 148 Å². The van der Waals surface area contributed by atoms with Crippen LogP contribution in [0.1, 0.15) is 34.6 Å². The van der Waals surface area contributed by atoms with Gasteiger partial charge >= 0.3 is 5.97 Å². The van der Waals surface area contributed by atoms with Crippen molar-refractivity contribution in [1.29, 1.82) is 5.26 Å². The molecule has 0 heterocycles. The summed E-state index contributed by atoms with van der Waals surface area (Å²) in [5.74, 6) is -0.213. The lowest BCUT2D eigenvalue weighted by Crippen LogP contribution is -2.35. The molecule has 1 aliphatic rings. The molecule has 2 aromatic rings. The Kier molecular flexibility index (Phi) is 5.16. The lowest BCUT2D eigenvalue weighted by atomic mass is 9.71. The third-order valence-corrected chi connectivity index (χ3v) is 4.97. The van der Waals surface area contributed by atoms with Gasteiger partial charge in [0.15, 0.2) is 0 Å². The zero-order valence-electron chi connectivity index (χ0n) is 14.4. The Morgan fingerprint density at radius 1 is 1.28 bits per heavy atom. The number of hydrogen-bond acceptors (Lipinski definition) is 3. The summed E-state index contributed by atoms with van der Waals surface area (Å²) in [5, 5.41) is 18.2. The first kappa shape index (κ1) is 17.2. The number of nitrogens with zero attached hydrogens (tertiary/aromatic N) is 2. The minimum Gasteiger partial charge on any atom is -0.480 e. The van der Waals surface area contributed by atoms with Crippen molar-refractivity contribution >= 4 is 5.97 Å². The Morgan fingerprint density at radius 2 is 2.04 bits per heavy atom. The summed E-state index contributed by atoms with van der Waals surface area (Å²) in [7, 11) is 1.87. The van der Waals surface area contributed by atoms with Crippen LogP contribution in [0.25, 0.3) is 0 Å². The molecular formula is C21H22N2O2. The van der Waals surface area contributed by atoms with E-state index >= 15 is 0 Å². The molecule has 3 rings (SSSR count). The van der Waals surface area contributed by atoms with E-state index in [-0.39, 0.29) is 12.5 Å². The lowest BCUT2D eigenvalue weighted by Gasteiger charge is -2.36. The van der Waals surface area contributed by atoms with Crippen LogP contribution in [-0.2, 0) is 11.2 Å². The summed E-state index contributed by atoms with van der Waals surface area (Å²) in [6.07, 6.45) is 1.92. The van der Waals surface area contributed by atoms with Crippen LogP contribution in [-0.4, -0.2) is 36.1 Å². The minimum absolute atomic E-state index is 0.0538. The molecule has 0 aliphatic heterocycles. The molecule has 0 radical (unpaired) electrons. The van der Waals surface area contributed by atoms with E-state index in [2.05, 4.69) is 24.3 Å². The standard InChI is InChI=1S/C21H22N2O2/c1-23(14-20(24)25)13-18-9-8-17-11-15(12-22)7-10-19(17)21(18)16-5-3-2-4-6-16/h2-7,10-11,18,21H,8-9,13-14H2,1H3,(H,24,25)/t18-,21+/m1/s1. The fourth-order valence-electron chi connectivity index (χ4n) is 3.96. The molecule has 1 aliphatic carbocycles. The maximum Gasteiger partial charge on any atom is 0.317 e. The van der Waals surface area contributed by atoms with Crippen molar-refractivity contribution < 1.29 is 9.90 Å². The Hall–Kier alpha value is -2.64. The highest BCUT2D eigenvalue weighted by Gasteiger charge is 2.31. The van der Waals surface area contributed by atoms with E-state index in [1.807, 2.05) is 42.3 Å². The fraction of sp³-hybridized carbons (Fsp3) is 0.333. The van der Waals surface area contributed by atoms with Crippen LogP contribution in [0.5, 0.6) is 0 Å². The molecule has 0 bridgehead atoms. The average Bonchev–Trinajstić information content (AvgIpc) is 2.61. The summed E-state index contributed by atoms with van der Waals surface area (Å²) < 4.78 is 0. The van der Waals surface area contributed by atoms with E-state index in [9.17, 15) is 4.79 Å². The molecule has 0 amide bonds. The van der Waals surface area contributed by atoms with Gasteiger partial charge in [-0.3, -0.25) is 9.69 Å². The third-order valence-electron chi connectivity index (χ3n) is 4.97. The second kappa shape index (κ2) is 7.50. The summed E-state index contributed by atoms with van der Waals surface area (Å²) in [6.45, 7) is 0.795. The van der Waals surface area contributed by atoms with E-state index in [1.54, 1.807) is 0 Å². The number of hydrogen-bond donors (Lipinski definition) is 1. The van der Waals surface area contributed by atoms with Gasteiger partial charge in [0.05, 0.1) is 18.2 Å². The Balaban J connectivity index is 1.96. The molecule has 128 valence electrons. The summed E-state index contributed by atoms with van der Waals surface area (Å²) in [4.78, 5) is 12.9. The van der Waals surface area contributed by atoms with E-state index in [1.165, 1.54) is 16.7 Å². The molecule has 0 spiro atoms. The number of carboxylic acid groups (broad SMARTS) is 1. The molecule has 0 saturated carbocycles. The smallest absolute Gasteiger partial charge is 0.317 e. The number of benzene rings is 2. The maximum atomic E-state index is 11.0. The van der Waals surface area contributed by atoms with Crippen molar-refractivity contribution in [1.82, 2.24) is 4.90 Å². The molecule has 25 heavy (non-hydrogen) atoms. The number of aliphatic carboxylic acids is 1. The van der Waals surface area contributed by atoms with Gasteiger partial charge in [-0.15, -0.1) is 0 Å². The second-order valence-corrected chi connectivity index (χ2v) is 6.80. The number of nitriles is 1. The second-order valence-electron chi connectivity index (χ2n) is 6.80. The van der Waals surface area contributed by atoms with Crippen molar-refractivity contribution in [2.75, 3.05) is 20.1 Å². The Morgan fingerprint density at radius 3 is 2.72 bits per heavy atom. The fourth-order valence-corrected chi connectivity index (χ4v) is 3.96. The molecule has 0 unspecified atom stereocenters. The topological polar surface area (TPSA) is 64.3 Å². The van der Waals surface area contributed by atoms with Gasteiger partial charge in [-0.2, -0.15) is 5.26 Å². The largest absolute Gasteiger partial charge is 0.480 e. The molecule has 2 atom stereocenters. The van der Waals surface area contributed by atoms with Crippen molar-refractivity contribution in [3.63, 3.8) is 0 Å². The van der Waals surface area contributed by atoms with Crippen LogP contribution < -0.4 is 0 Å². The lowest BCUT2D eigenvalue weighted by molar-refractivity contribution is -0.138. The molecule has 2 aromatic carbocycles. The molecular weight excluding hydrogens is 312 g/mol. The van der Waals surface area contributed by atoms with Gasteiger partial charge in [0.1, 0.15) is 0 Å². The number of aryl methyl sites for hydroxylation is 1. The van der Waals surface area contributed by atoms with Crippen LogP contribution in [0, 0.1) is 17.2 Å². The summed E-state index contributed by atoms with van der Waals surface area (Å²) >= 11 is 0. The number of carbonyl (C=O) groups is 1. The predicted octanol–water partition coefficient (Wildman–Crippen LogP) is 3.27. The number of rotatable bonds is 5.